The molecule has 0 saturated heterocycles. The number of carbonyl (C=O) groups excluding carboxylic acids is 1. The van der Waals surface area contributed by atoms with Gasteiger partial charge < -0.3 is 5.32 Å². The number of fused-ring (bicyclic) bond motifs is 1. The highest BCUT2D eigenvalue weighted by Gasteiger charge is 2.15. The third kappa shape index (κ3) is 1.54. The quantitative estimate of drug-likeness (QED) is 0.677. The van der Waals surface area contributed by atoms with Crippen LogP contribution < -0.4 is 5.32 Å². The van der Waals surface area contributed by atoms with Crippen LogP contribution in [0.4, 0.5) is 5.69 Å². The standard InChI is InChI=1S/C10H10ClNO/c1-6-4-7-2-3-10(13)12-9(7)5-8(6)11/h4-5H,2-3H2,1H3,(H,12,13). The molecular weight excluding hydrogens is 186 g/mol. The normalized spacial score (nSPS) is 15.1. The smallest absolute Gasteiger partial charge is 0.224 e. The number of rotatable bonds is 0. The molecule has 1 aromatic carbocycles. The molecule has 1 amide bonds. The van der Waals surface area contributed by atoms with Crippen molar-refractivity contribution in [3.63, 3.8) is 0 Å². The minimum atomic E-state index is 0.0763. The summed E-state index contributed by atoms with van der Waals surface area (Å²) < 4.78 is 0. The van der Waals surface area contributed by atoms with Crippen molar-refractivity contribution >= 4 is 23.2 Å². The second-order valence-electron chi connectivity index (χ2n) is 3.31. The Kier molecular flexibility index (Phi) is 2.00. The molecule has 3 heteroatoms. The number of benzene rings is 1. The van der Waals surface area contributed by atoms with Gasteiger partial charge in [-0.2, -0.15) is 0 Å². The van der Waals surface area contributed by atoms with Crippen LogP contribution in [0.3, 0.4) is 0 Å². The van der Waals surface area contributed by atoms with Crippen molar-refractivity contribution in [1.82, 2.24) is 0 Å². The predicted octanol–water partition coefficient (Wildman–Crippen LogP) is 2.53. The molecule has 0 aliphatic carbocycles. The van der Waals surface area contributed by atoms with E-state index in [0.717, 1.165) is 17.7 Å². The first-order valence-electron chi connectivity index (χ1n) is 4.25. The molecule has 1 N–H and O–H groups in total. The van der Waals surface area contributed by atoms with E-state index < -0.39 is 0 Å². The Bertz CT molecular complexity index is 373. The topological polar surface area (TPSA) is 29.1 Å². The molecule has 1 aliphatic rings. The second-order valence-corrected chi connectivity index (χ2v) is 3.71. The van der Waals surface area contributed by atoms with Crippen molar-refractivity contribution in [2.24, 2.45) is 0 Å². The second kappa shape index (κ2) is 3.04. The van der Waals surface area contributed by atoms with Crippen LogP contribution in [0.2, 0.25) is 5.02 Å². The predicted molar refractivity (Wildman–Crippen MR) is 53.1 cm³/mol. The van der Waals surface area contributed by atoms with Crippen molar-refractivity contribution in [3.8, 4) is 0 Å². The molecular formula is C10H10ClNO. The van der Waals surface area contributed by atoms with Crippen molar-refractivity contribution in [2.75, 3.05) is 5.32 Å². The minimum Gasteiger partial charge on any atom is -0.326 e. The van der Waals surface area contributed by atoms with Gasteiger partial charge in [-0.05, 0) is 30.5 Å². The molecule has 68 valence electrons. The fourth-order valence-corrected chi connectivity index (χ4v) is 1.69. The summed E-state index contributed by atoms with van der Waals surface area (Å²) in [6.45, 7) is 1.97. The van der Waals surface area contributed by atoms with Crippen LogP contribution in [0.1, 0.15) is 17.5 Å². The van der Waals surface area contributed by atoms with Crippen molar-refractivity contribution in [2.45, 2.75) is 19.8 Å². The highest BCUT2D eigenvalue weighted by molar-refractivity contribution is 6.31. The Labute approximate surface area is 81.9 Å². The number of anilines is 1. The van der Waals surface area contributed by atoms with Crippen LogP contribution in [0.25, 0.3) is 0 Å². The van der Waals surface area contributed by atoms with E-state index in [1.165, 1.54) is 5.56 Å². The lowest BCUT2D eigenvalue weighted by molar-refractivity contribution is -0.116. The molecule has 1 heterocycles. The molecule has 0 spiro atoms. The monoisotopic (exact) mass is 195 g/mol. The molecule has 2 nitrogen and oxygen atoms in total. The molecule has 0 bridgehead atoms. The summed E-state index contributed by atoms with van der Waals surface area (Å²) in [6, 6.07) is 3.86. The Hall–Kier alpha value is -1.02. The fourth-order valence-electron chi connectivity index (χ4n) is 1.53. The first-order chi connectivity index (χ1) is 6.16. The van der Waals surface area contributed by atoms with Gasteiger partial charge in [0.15, 0.2) is 0 Å². The Morgan fingerprint density at radius 1 is 1.38 bits per heavy atom. The van der Waals surface area contributed by atoms with E-state index in [9.17, 15) is 4.79 Å². The van der Waals surface area contributed by atoms with Crippen molar-refractivity contribution in [1.29, 1.82) is 0 Å². The average Bonchev–Trinajstić information content (AvgIpc) is 2.08. The third-order valence-electron chi connectivity index (χ3n) is 2.28. The molecule has 0 aromatic heterocycles. The van der Waals surface area contributed by atoms with E-state index in [2.05, 4.69) is 5.32 Å². The molecule has 0 fully saturated rings. The number of aryl methyl sites for hydroxylation is 2. The SMILES string of the molecule is Cc1cc2c(cc1Cl)NC(=O)CC2. The zero-order valence-corrected chi connectivity index (χ0v) is 8.11. The molecule has 0 unspecified atom stereocenters. The van der Waals surface area contributed by atoms with Gasteiger partial charge in [0.25, 0.3) is 0 Å². The van der Waals surface area contributed by atoms with E-state index in [4.69, 9.17) is 11.6 Å². The number of hydrogen-bond acceptors (Lipinski definition) is 1. The lowest BCUT2D eigenvalue weighted by atomic mass is 10.0. The summed E-state index contributed by atoms with van der Waals surface area (Å²) in [4.78, 5) is 11.1. The van der Waals surface area contributed by atoms with Crippen molar-refractivity contribution in [3.05, 3.63) is 28.3 Å². The lowest BCUT2D eigenvalue weighted by Gasteiger charge is -2.17. The van der Waals surface area contributed by atoms with Crippen LogP contribution in [0.5, 0.6) is 0 Å². The summed E-state index contributed by atoms with van der Waals surface area (Å²) in [7, 11) is 0. The van der Waals surface area contributed by atoms with E-state index in [-0.39, 0.29) is 5.91 Å². The lowest BCUT2D eigenvalue weighted by Crippen LogP contribution is -2.18. The van der Waals surface area contributed by atoms with E-state index in [0.29, 0.717) is 11.4 Å². The van der Waals surface area contributed by atoms with Gasteiger partial charge in [0.05, 0.1) is 0 Å². The Morgan fingerprint density at radius 3 is 2.92 bits per heavy atom. The zero-order valence-electron chi connectivity index (χ0n) is 7.36. The van der Waals surface area contributed by atoms with Crippen LogP contribution in [-0.2, 0) is 11.2 Å². The maximum Gasteiger partial charge on any atom is 0.224 e. The molecule has 0 radical (unpaired) electrons. The summed E-state index contributed by atoms with van der Waals surface area (Å²) in [5.41, 5.74) is 3.12. The average molecular weight is 196 g/mol. The first-order valence-corrected chi connectivity index (χ1v) is 4.63. The number of halogens is 1. The fraction of sp³-hybridized carbons (Fsp3) is 0.300. The van der Waals surface area contributed by atoms with Gasteiger partial charge in [-0.3, -0.25) is 4.79 Å². The van der Waals surface area contributed by atoms with Gasteiger partial charge in [-0.1, -0.05) is 17.7 Å². The van der Waals surface area contributed by atoms with E-state index in [1.807, 2.05) is 19.1 Å². The summed E-state index contributed by atoms with van der Waals surface area (Å²) in [5, 5.41) is 3.51. The van der Waals surface area contributed by atoms with Crippen LogP contribution in [0, 0.1) is 6.92 Å². The molecule has 1 aliphatic heterocycles. The Balaban J connectivity index is 2.49. The molecule has 0 saturated carbocycles. The van der Waals surface area contributed by atoms with E-state index in [1.54, 1.807) is 0 Å². The highest BCUT2D eigenvalue weighted by atomic mass is 35.5. The summed E-state index contributed by atoms with van der Waals surface area (Å²) in [6.07, 6.45) is 1.40. The third-order valence-corrected chi connectivity index (χ3v) is 2.69. The molecule has 13 heavy (non-hydrogen) atoms. The minimum absolute atomic E-state index is 0.0763. The van der Waals surface area contributed by atoms with Gasteiger partial charge in [0, 0.05) is 17.1 Å². The highest BCUT2D eigenvalue weighted by Crippen LogP contribution is 2.28. The summed E-state index contributed by atoms with van der Waals surface area (Å²) >= 11 is 5.94. The maximum absolute atomic E-state index is 11.1. The number of amides is 1. The zero-order chi connectivity index (χ0) is 9.42. The van der Waals surface area contributed by atoms with Gasteiger partial charge >= 0.3 is 0 Å². The van der Waals surface area contributed by atoms with Crippen LogP contribution in [-0.4, -0.2) is 5.91 Å². The van der Waals surface area contributed by atoms with Gasteiger partial charge in [0.2, 0.25) is 5.91 Å². The van der Waals surface area contributed by atoms with E-state index >= 15 is 0 Å². The number of nitrogens with one attached hydrogen (secondary N) is 1. The Morgan fingerprint density at radius 2 is 2.15 bits per heavy atom. The van der Waals surface area contributed by atoms with Crippen LogP contribution >= 0.6 is 11.6 Å². The van der Waals surface area contributed by atoms with Gasteiger partial charge in [-0.25, -0.2) is 0 Å². The largest absolute Gasteiger partial charge is 0.326 e. The van der Waals surface area contributed by atoms with Crippen molar-refractivity contribution < 1.29 is 4.79 Å². The molecule has 2 rings (SSSR count). The first kappa shape index (κ1) is 8.57. The molecule has 1 aromatic rings. The summed E-state index contributed by atoms with van der Waals surface area (Å²) in [5.74, 6) is 0.0763. The number of carbonyl (C=O) groups is 1. The van der Waals surface area contributed by atoms with Gasteiger partial charge in [-0.15, -0.1) is 0 Å². The van der Waals surface area contributed by atoms with Crippen LogP contribution in [0.15, 0.2) is 12.1 Å². The van der Waals surface area contributed by atoms with Gasteiger partial charge in [0.1, 0.15) is 0 Å². The maximum atomic E-state index is 11.1. The molecule has 0 atom stereocenters. The number of hydrogen-bond donors (Lipinski definition) is 1.